The van der Waals surface area contributed by atoms with E-state index in [9.17, 15) is 13.2 Å². The predicted molar refractivity (Wildman–Crippen MR) is 98.6 cm³/mol. The van der Waals surface area contributed by atoms with Gasteiger partial charge in [-0.25, -0.2) is 13.1 Å². The van der Waals surface area contributed by atoms with Crippen molar-refractivity contribution in [2.45, 2.75) is 11.4 Å². The second kappa shape index (κ2) is 7.74. The molecule has 0 spiro atoms. The molecule has 8 heteroatoms. The van der Waals surface area contributed by atoms with Gasteiger partial charge in [0.2, 0.25) is 10.0 Å². The van der Waals surface area contributed by atoms with Crippen LogP contribution >= 0.6 is 11.6 Å². The van der Waals surface area contributed by atoms with Crippen molar-refractivity contribution in [2.75, 3.05) is 5.32 Å². The van der Waals surface area contributed by atoms with Crippen molar-refractivity contribution in [1.29, 1.82) is 0 Å². The number of hydrogen-bond donors (Lipinski definition) is 2. The van der Waals surface area contributed by atoms with Crippen molar-refractivity contribution in [3.05, 3.63) is 83.3 Å². The first-order chi connectivity index (χ1) is 12.4. The highest BCUT2D eigenvalue weighted by Gasteiger charge is 2.15. The number of carbonyl (C=O) groups is 1. The van der Waals surface area contributed by atoms with E-state index in [2.05, 4.69) is 10.0 Å². The summed E-state index contributed by atoms with van der Waals surface area (Å²) < 4.78 is 32.1. The molecule has 0 radical (unpaired) electrons. The van der Waals surface area contributed by atoms with E-state index in [-0.39, 0.29) is 17.3 Å². The Balaban J connectivity index is 1.67. The molecule has 0 unspecified atom stereocenters. The second-order valence-electron chi connectivity index (χ2n) is 5.39. The third-order valence-corrected chi connectivity index (χ3v) is 5.21. The van der Waals surface area contributed by atoms with E-state index < -0.39 is 10.0 Å². The molecule has 0 saturated heterocycles. The summed E-state index contributed by atoms with van der Waals surface area (Å²) in [5.41, 5.74) is 0.932. The summed E-state index contributed by atoms with van der Waals surface area (Å²) in [4.78, 5) is 12.3. The number of carbonyl (C=O) groups excluding carboxylic acids is 1. The van der Waals surface area contributed by atoms with Gasteiger partial charge in [-0.3, -0.25) is 4.79 Å². The minimum Gasteiger partial charge on any atom is -0.468 e. The van der Waals surface area contributed by atoms with E-state index in [4.69, 9.17) is 16.0 Å². The first-order valence-corrected chi connectivity index (χ1v) is 9.49. The van der Waals surface area contributed by atoms with Gasteiger partial charge in [-0.15, -0.1) is 0 Å². The smallest absolute Gasteiger partial charge is 0.255 e. The zero-order chi connectivity index (χ0) is 18.6. The molecule has 2 aromatic carbocycles. The minimum absolute atomic E-state index is 0.0497. The highest BCUT2D eigenvalue weighted by Crippen LogP contribution is 2.16. The molecular weight excluding hydrogens is 376 g/mol. The lowest BCUT2D eigenvalue weighted by molar-refractivity contribution is 0.102. The van der Waals surface area contributed by atoms with Crippen molar-refractivity contribution in [1.82, 2.24) is 4.72 Å². The normalized spacial score (nSPS) is 11.3. The zero-order valence-corrected chi connectivity index (χ0v) is 15.0. The highest BCUT2D eigenvalue weighted by atomic mass is 35.5. The maximum atomic E-state index is 12.3. The van der Waals surface area contributed by atoms with Crippen LogP contribution in [0.2, 0.25) is 5.02 Å². The van der Waals surface area contributed by atoms with Gasteiger partial charge in [0.25, 0.3) is 5.91 Å². The largest absolute Gasteiger partial charge is 0.468 e. The molecule has 6 nitrogen and oxygen atoms in total. The Morgan fingerprint density at radius 2 is 1.69 bits per heavy atom. The van der Waals surface area contributed by atoms with Crippen LogP contribution in [0.25, 0.3) is 0 Å². The lowest BCUT2D eigenvalue weighted by Gasteiger charge is -2.08. The first kappa shape index (κ1) is 18.2. The molecule has 0 saturated carbocycles. The fourth-order valence-electron chi connectivity index (χ4n) is 2.18. The van der Waals surface area contributed by atoms with Crippen LogP contribution in [0.4, 0.5) is 5.69 Å². The van der Waals surface area contributed by atoms with E-state index >= 15 is 0 Å². The Labute approximate surface area is 155 Å². The summed E-state index contributed by atoms with van der Waals surface area (Å²) in [5, 5.41) is 3.28. The van der Waals surface area contributed by atoms with Crippen LogP contribution in [0.15, 0.2) is 76.2 Å². The first-order valence-electron chi connectivity index (χ1n) is 7.63. The van der Waals surface area contributed by atoms with E-state index in [1.807, 2.05) is 0 Å². The molecule has 3 aromatic rings. The van der Waals surface area contributed by atoms with Gasteiger partial charge in [-0.2, -0.15) is 0 Å². The molecule has 1 aromatic heterocycles. The van der Waals surface area contributed by atoms with Crippen molar-refractivity contribution in [2.24, 2.45) is 0 Å². The number of amides is 1. The number of halogens is 1. The zero-order valence-electron chi connectivity index (χ0n) is 13.5. The molecular formula is C18H15ClN2O4S. The van der Waals surface area contributed by atoms with Crippen LogP contribution < -0.4 is 10.0 Å². The fraction of sp³-hybridized carbons (Fsp3) is 0.0556. The molecule has 26 heavy (non-hydrogen) atoms. The molecule has 0 fully saturated rings. The maximum Gasteiger partial charge on any atom is 0.255 e. The van der Waals surface area contributed by atoms with Crippen LogP contribution in [-0.2, 0) is 16.6 Å². The topological polar surface area (TPSA) is 88.4 Å². The van der Waals surface area contributed by atoms with Gasteiger partial charge in [0.05, 0.1) is 17.7 Å². The Kier molecular flexibility index (Phi) is 5.41. The molecule has 0 aliphatic rings. The van der Waals surface area contributed by atoms with Crippen LogP contribution in [0.1, 0.15) is 16.1 Å². The maximum absolute atomic E-state index is 12.3. The van der Waals surface area contributed by atoms with Crippen LogP contribution in [0.5, 0.6) is 0 Å². The quantitative estimate of drug-likeness (QED) is 0.672. The van der Waals surface area contributed by atoms with Gasteiger partial charge >= 0.3 is 0 Å². The third-order valence-electron chi connectivity index (χ3n) is 3.55. The van der Waals surface area contributed by atoms with Crippen LogP contribution in [-0.4, -0.2) is 14.3 Å². The number of hydrogen-bond acceptors (Lipinski definition) is 4. The fourth-order valence-corrected chi connectivity index (χ4v) is 3.30. The Morgan fingerprint density at radius 3 is 2.31 bits per heavy atom. The van der Waals surface area contributed by atoms with Crippen LogP contribution in [0.3, 0.4) is 0 Å². The summed E-state index contributed by atoms with van der Waals surface area (Å²) >= 11 is 5.80. The van der Waals surface area contributed by atoms with Crippen molar-refractivity contribution < 1.29 is 17.6 Å². The number of anilines is 1. The molecule has 0 aliphatic carbocycles. The minimum atomic E-state index is -3.70. The number of rotatable bonds is 6. The van der Waals surface area contributed by atoms with Gasteiger partial charge < -0.3 is 9.73 Å². The molecule has 2 N–H and O–H groups in total. The van der Waals surface area contributed by atoms with Gasteiger partial charge in [0.15, 0.2) is 0 Å². The van der Waals surface area contributed by atoms with Gasteiger partial charge in [0, 0.05) is 16.3 Å². The van der Waals surface area contributed by atoms with Gasteiger partial charge in [-0.1, -0.05) is 11.6 Å². The van der Waals surface area contributed by atoms with E-state index in [1.54, 1.807) is 36.4 Å². The van der Waals surface area contributed by atoms with E-state index in [0.29, 0.717) is 22.0 Å². The Hall–Kier alpha value is -2.61. The summed E-state index contributed by atoms with van der Waals surface area (Å²) in [6, 6.07) is 15.7. The molecule has 134 valence electrons. The number of nitrogens with one attached hydrogen (secondary N) is 2. The van der Waals surface area contributed by atoms with Crippen molar-refractivity contribution in [3.63, 3.8) is 0 Å². The lowest BCUT2D eigenvalue weighted by Crippen LogP contribution is -2.23. The van der Waals surface area contributed by atoms with E-state index in [0.717, 1.165) is 0 Å². The predicted octanol–water partition coefficient (Wildman–Crippen LogP) is 3.66. The van der Waals surface area contributed by atoms with Crippen molar-refractivity contribution in [3.8, 4) is 0 Å². The third kappa shape index (κ3) is 4.51. The molecule has 3 rings (SSSR count). The second-order valence-corrected chi connectivity index (χ2v) is 7.59. The summed E-state index contributed by atoms with van der Waals surface area (Å²) in [6.45, 7) is 0.0497. The molecule has 1 amide bonds. The lowest BCUT2D eigenvalue weighted by atomic mass is 10.2. The molecule has 1 heterocycles. The van der Waals surface area contributed by atoms with E-state index in [1.165, 1.54) is 30.5 Å². The molecule has 0 atom stereocenters. The summed E-state index contributed by atoms with van der Waals surface area (Å²) in [5.74, 6) is 0.160. The van der Waals surface area contributed by atoms with Crippen LogP contribution in [0, 0.1) is 0 Å². The Bertz CT molecular complexity index is 983. The number of sulfonamides is 1. The summed E-state index contributed by atoms with van der Waals surface area (Å²) in [6.07, 6.45) is 1.47. The molecule has 0 aliphatic heterocycles. The van der Waals surface area contributed by atoms with Gasteiger partial charge in [0.1, 0.15) is 5.76 Å². The average molecular weight is 391 g/mol. The SMILES string of the molecule is O=C(Nc1ccc(Cl)cc1)c1ccc(S(=O)(=O)NCc2ccco2)cc1. The van der Waals surface area contributed by atoms with Gasteiger partial charge in [-0.05, 0) is 60.7 Å². The summed E-state index contributed by atoms with van der Waals surface area (Å²) in [7, 11) is -3.70. The standard InChI is InChI=1S/C18H15ClN2O4S/c19-14-5-7-15(8-6-14)21-18(22)13-3-9-17(10-4-13)26(23,24)20-12-16-2-1-11-25-16/h1-11,20H,12H2,(H,21,22). The van der Waals surface area contributed by atoms with Crippen molar-refractivity contribution >= 4 is 33.2 Å². The average Bonchev–Trinajstić information content (AvgIpc) is 3.16. The highest BCUT2D eigenvalue weighted by molar-refractivity contribution is 7.89. The number of furan rings is 1. The monoisotopic (exact) mass is 390 g/mol. The molecule has 0 bridgehead atoms. The number of benzene rings is 2. The Morgan fingerprint density at radius 1 is 1.00 bits per heavy atom.